The van der Waals surface area contributed by atoms with Crippen LogP contribution in [0.4, 0.5) is 5.69 Å². The zero-order valence-electron chi connectivity index (χ0n) is 16.0. The van der Waals surface area contributed by atoms with Gasteiger partial charge in [0.25, 0.3) is 0 Å². The Morgan fingerprint density at radius 2 is 2.00 bits per heavy atom. The molecule has 146 valence electrons. The van der Waals surface area contributed by atoms with Gasteiger partial charge in [-0.25, -0.2) is 0 Å². The van der Waals surface area contributed by atoms with Crippen LogP contribution in [0.2, 0.25) is 0 Å². The van der Waals surface area contributed by atoms with E-state index in [4.69, 9.17) is 4.74 Å². The van der Waals surface area contributed by atoms with Crippen LogP contribution in [0.15, 0.2) is 30.9 Å². The zero-order valence-corrected chi connectivity index (χ0v) is 16.0. The number of carbonyl (C=O) groups excluding carboxylic acids is 2. The SMILES string of the molecule is C=CCN(C(=O)CCOc1ccc2c(c1)CCC(=O)N2)C1CCCCCC1. The van der Waals surface area contributed by atoms with E-state index in [9.17, 15) is 9.59 Å². The highest BCUT2D eigenvalue weighted by atomic mass is 16.5. The Bertz CT molecular complexity index is 678. The first kappa shape index (κ1) is 19.5. The number of rotatable bonds is 7. The van der Waals surface area contributed by atoms with Gasteiger partial charge in [-0.15, -0.1) is 6.58 Å². The molecule has 1 aromatic carbocycles. The number of hydrogen-bond acceptors (Lipinski definition) is 3. The van der Waals surface area contributed by atoms with Crippen LogP contribution >= 0.6 is 0 Å². The molecule has 1 aromatic rings. The van der Waals surface area contributed by atoms with Crippen LogP contribution < -0.4 is 10.1 Å². The summed E-state index contributed by atoms with van der Waals surface area (Å²) < 4.78 is 5.82. The van der Waals surface area contributed by atoms with Gasteiger partial charge in [0.05, 0.1) is 13.0 Å². The molecule has 0 radical (unpaired) electrons. The molecule has 1 aliphatic carbocycles. The number of benzene rings is 1. The van der Waals surface area contributed by atoms with E-state index >= 15 is 0 Å². The van der Waals surface area contributed by atoms with Crippen molar-refractivity contribution in [1.82, 2.24) is 4.90 Å². The fourth-order valence-corrected chi connectivity index (χ4v) is 4.01. The minimum absolute atomic E-state index is 0.0580. The smallest absolute Gasteiger partial charge is 0.226 e. The zero-order chi connectivity index (χ0) is 19.1. The van der Waals surface area contributed by atoms with Crippen molar-refractivity contribution in [2.45, 2.75) is 63.8 Å². The van der Waals surface area contributed by atoms with Crippen molar-refractivity contribution in [3.8, 4) is 5.75 Å². The lowest BCUT2D eigenvalue weighted by Gasteiger charge is -2.30. The van der Waals surface area contributed by atoms with Gasteiger partial charge in [0.2, 0.25) is 11.8 Å². The van der Waals surface area contributed by atoms with E-state index in [-0.39, 0.29) is 11.8 Å². The van der Waals surface area contributed by atoms with Gasteiger partial charge in [0.15, 0.2) is 0 Å². The van der Waals surface area contributed by atoms with Gasteiger partial charge in [0, 0.05) is 24.7 Å². The summed E-state index contributed by atoms with van der Waals surface area (Å²) >= 11 is 0. The topological polar surface area (TPSA) is 58.6 Å². The number of carbonyl (C=O) groups is 2. The molecule has 0 unspecified atom stereocenters. The second-order valence-electron chi connectivity index (χ2n) is 7.45. The van der Waals surface area contributed by atoms with Crippen molar-refractivity contribution in [3.05, 3.63) is 36.4 Å². The van der Waals surface area contributed by atoms with Crippen molar-refractivity contribution < 1.29 is 14.3 Å². The predicted octanol–water partition coefficient (Wildman–Crippen LogP) is 4.08. The maximum absolute atomic E-state index is 12.8. The highest BCUT2D eigenvalue weighted by Gasteiger charge is 2.23. The van der Waals surface area contributed by atoms with Gasteiger partial charge in [0.1, 0.15) is 5.75 Å². The number of amides is 2. The van der Waals surface area contributed by atoms with Gasteiger partial charge in [-0.3, -0.25) is 9.59 Å². The van der Waals surface area contributed by atoms with Crippen LogP contribution in [0.25, 0.3) is 0 Å². The molecule has 0 saturated heterocycles. The molecular weight excluding hydrogens is 340 g/mol. The monoisotopic (exact) mass is 370 g/mol. The standard InChI is InChI=1S/C22H30N2O3/c1-2-14-24(18-7-5-3-4-6-8-18)22(26)13-15-27-19-10-11-20-17(16-19)9-12-21(25)23-20/h2,10-11,16,18H,1,3-9,12-15H2,(H,23,25). The van der Waals surface area contributed by atoms with Crippen LogP contribution in [0.5, 0.6) is 5.75 Å². The van der Waals surface area contributed by atoms with Crippen LogP contribution in [0, 0.1) is 0 Å². The second kappa shape index (κ2) is 9.58. The van der Waals surface area contributed by atoms with Crippen molar-refractivity contribution >= 4 is 17.5 Å². The van der Waals surface area contributed by atoms with Crippen molar-refractivity contribution in [1.29, 1.82) is 0 Å². The molecule has 1 N–H and O–H groups in total. The highest BCUT2D eigenvalue weighted by Crippen LogP contribution is 2.27. The normalized spacial score (nSPS) is 17.4. The first-order valence-electron chi connectivity index (χ1n) is 10.1. The van der Waals surface area contributed by atoms with Crippen molar-refractivity contribution in [2.75, 3.05) is 18.5 Å². The van der Waals surface area contributed by atoms with Crippen LogP contribution in [0.3, 0.4) is 0 Å². The molecule has 1 aliphatic heterocycles. The Morgan fingerprint density at radius 1 is 1.22 bits per heavy atom. The molecule has 5 nitrogen and oxygen atoms in total. The lowest BCUT2D eigenvalue weighted by atomic mass is 10.0. The number of fused-ring (bicyclic) bond motifs is 1. The summed E-state index contributed by atoms with van der Waals surface area (Å²) in [4.78, 5) is 26.2. The molecule has 2 amide bonds. The van der Waals surface area contributed by atoms with Crippen LogP contribution in [-0.4, -0.2) is 35.9 Å². The number of ether oxygens (including phenoxy) is 1. The van der Waals surface area contributed by atoms with E-state index in [0.717, 1.165) is 36.3 Å². The Morgan fingerprint density at radius 3 is 2.74 bits per heavy atom. The maximum atomic E-state index is 12.8. The quantitative estimate of drug-likeness (QED) is 0.581. The molecule has 2 aliphatic rings. The molecule has 0 aromatic heterocycles. The maximum Gasteiger partial charge on any atom is 0.226 e. The van der Waals surface area contributed by atoms with Gasteiger partial charge in [-0.1, -0.05) is 31.8 Å². The first-order chi connectivity index (χ1) is 13.2. The van der Waals surface area contributed by atoms with E-state index in [1.807, 2.05) is 29.2 Å². The fourth-order valence-electron chi connectivity index (χ4n) is 4.01. The average Bonchev–Trinajstić information content (AvgIpc) is 2.95. The Labute approximate surface area is 161 Å². The van der Waals surface area contributed by atoms with Gasteiger partial charge < -0.3 is 15.0 Å². The van der Waals surface area contributed by atoms with Gasteiger partial charge in [-0.2, -0.15) is 0 Å². The van der Waals surface area contributed by atoms with E-state index in [2.05, 4.69) is 11.9 Å². The first-order valence-corrected chi connectivity index (χ1v) is 10.1. The van der Waals surface area contributed by atoms with Crippen LogP contribution in [-0.2, 0) is 16.0 Å². The minimum Gasteiger partial charge on any atom is -0.493 e. The molecule has 0 bridgehead atoms. The van der Waals surface area contributed by atoms with E-state index in [1.54, 1.807) is 0 Å². The third kappa shape index (κ3) is 5.34. The Balaban J connectivity index is 1.53. The third-order valence-corrected chi connectivity index (χ3v) is 5.47. The molecule has 1 fully saturated rings. The minimum atomic E-state index is 0.0580. The van der Waals surface area contributed by atoms with E-state index in [1.165, 1.54) is 25.7 Å². The lowest BCUT2D eigenvalue weighted by Crippen LogP contribution is -2.40. The summed E-state index contributed by atoms with van der Waals surface area (Å²) in [7, 11) is 0. The van der Waals surface area contributed by atoms with Gasteiger partial charge in [-0.05, 0) is 43.0 Å². The number of nitrogens with one attached hydrogen (secondary N) is 1. The number of hydrogen-bond donors (Lipinski definition) is 1. The molecule has 1 saturated carbocycles. The summed E-state index contributed by atoms with van der Waals surface area (Å²) in [5.41, 5.74) is 1.95. The summed E-state index contributed by atoms with van der Waals surface area (Å²) in [6.07, 6.45) is 10.6. The number of nitrogens with zero attached hydrogens (tertiary/aromatic N) is 1. The average molecular weight is 370 g/mol. The molecule has 0 spiro atoms. The van der Waals surface area contributed by atoms with Crippen molar-refractivity contribution in [2.24, 2.45) is 0 Å². The fraction of sp³-hybridized carbons (Fsp3) is 0.545. The van der Waals surface area contributed by atoms with E-state index in [0.29, 0.717) is 32.0 Å². The second-order valence-corrected chi connectivity index (χ2v) is 7.45. The molecule has 3 rings (SSSR count). The highest BCUT2D eigenvalue weighted by molar-refractivity contribution is 5.94. The lowest BCUT2D eigenvalue weighted by molar-refractivity contribution is -0.133. The molecular formula is C22H30N2O3. The third-order valence-electron chi connectivity index (χ3n) is 5.47. The Hall–Kier alpha value is -2.30. The summed E-state index contributed by atoms with van der Waals surface area (Å²) in [6.45, 7) is 4.80. The Kier molecular flexibility index (Phi) is 6.91. The summed E-state index contributed by atoms with van der Waals surface area (Å²) in [6, 6.07) is 6.03. The summed E-state index contributed by atoms with van der Waals surface area (Å²) in [5, 5.41) is 2.87. The molecule has 1 heterocycles. The van der Waals surface area contributed by atoms with E-state index < -0.39 is 0 Å². The molecule has 27 heavy (non-hydrogen) atoms. The predicted molar refractivity (Wildman–Crippen MR) is 107 cm³/mol. The molecule has 0 atom stereocenters. The largest absolute Gasteiger partial charge is 0.493 e. The number of aryl methyl sites for hydroxylation is 1. The van der Waals surface area contributed by atoms with Crippen molar-refractivity contribution in [3.63, 3.8) is 0 Å². The number of anilines is 1. The molecule has 5 heteroatoms. The summed E-state index contributed by atoms with van der Waals surface area (Å²) in [5.74, 6) is 0.956. The van der Waals surface area contributed by atoms with Crippen LogP contribution in [0.1, 0.15) is 56.9 Å². The van der Waals surface area contributed by atoms with Gasteiger partial charge >= 0.3 is 0 Å².